The van der Waals surface area contributed by atoms with Crippen molar-refractivity contribution in [2.24, 2.45) is 0 Å². The molecule has 5 heteroatoms. The van der Waals surface area contributed by atoms with Gasteiger partial charge in [-0.25, -0.2) is 9.67 Å². The molecule has 0 spiro atoms. The minimum atomic E-state index is -0.0972. The summed E-state index contributed by atoms with van der Waals surface area (Å²) >= 11 is 3.38. The third-order valence-corrected chi connectivity index (χ3v) is 3.20. The molecule has 0 saturated carbocycles. The molecule has 2 aromatic rings. The Bertz CT molecular complexity index is 590. The zero-order chi connectivity index (χ0) is 13.3. The van der Waals surface area contributed by atoms with E-state index in [-0.39, 0.29) is 11.8 Å². The van der Waals surface area contributed by atoms with Gasteiger partial charge in [0, 0.05) is 16.1 Å². The SMILES string of the molecule is Cc1ccc(Br)cc1C(=O)c1ncnn1C(C)C. The smallest absolute Gasteiger partial charge is 0.230 e. The molecular weight excluding hydrogens is 294 g/mol. The van der Waals surface area contributed by atoms with E-state index < -0.39 is 0 Å². The number of halogens is 1. The van der Waals surface area contributed by atoms with Crippen LogP contribution in [0.3, 0.4) is 0 Å². The first-order valence-electron chi connectivity index (χ1n) is 5.71. The van der Waals surface area contributed by atoms with Crippen molar-refractivity contribution in [3.05, 3.63) is 46.0 Å². The highest BCUT2D eigenvalue weighted by Crippen LogP contribution is 2.19. The number of hydrogen-bond acceptors (Lipinski definition) is 3. The Labute approximate surface area is 114 Å². The van der Waals surface area contributed by atoms with Gasteiger partial charge in [-0.3, -0.25) is 4.79 Å². The van der Waals surface area contributed by atoms with Crippen molar-refractivity contribution >= 4 is 21.7 Å². The summed E-state index contributed by atoms with van der Waals surface area (Å²) in [5, 5.41) is 4.09. The Balaban J connectivity index is 2.48. The fourth-order valence-corrected chi connectivity index (χ4v) is 2.11. The quantitative estimate of drug-likeness (QED) is 0.818. The highest BCUT2D eigenvalue weighted by Gasteiger charge is 2.19. The summed E-state index contributed by atoms with van der Waals surface area (Å²) in [6.07, 6.45) is 1.42. The second-order valence-corrected chi connectivity index (χ2v) is 5.33. The normalized spacial score (nSPS) is 10.9. The second-order valence-electron chi connectivity index (χ2n) is 4.41. The molecule has 94 valence electrons. The van der Waals surface area contributed by atoms with Gasteiger partial charge >= 0.3 is 0 Å². The number of aromatic nitrogens is 3. The van der Waals surface area contributed by atoms with E-state index in [2.05, 4.69) is 26.0 Å². The summed E-state index contributed by atoms with van der Waals surface area (Å²) in [5.41, 5.74) is 1.58. The molecule has 0 fully saturated rings. The van der Waals surface area contributed by atoms with Gasteiger partial charge in [-0.05, 0) is 38.5 Å². The standard InChI is InChI=1S/C13H14BrN3O/c1-8(2)17-13(15-7-16-17)12(18)11-6-10(14)5-4-9(11)3/h4-8H,1-3H3. The largest absolute Gasteiger partial charge is 0.285 e. The van der Waals surface area contributed by atoms with Crippen LogP contribution >= 0.6 is 15.9 Å². The molecule has 0 radical (unpaired) electrons. The lowest BCUT2D eigenvalue weighted by atomic mass is 10.0. The van der Waals surface area contributed by atoms with Crippen molar-refractivity contribution in [1.29, 1.82) is 0 Å². The Morgan fingerprint density at radius 1 is 1.39 bits per heavy atom. The molecule has 0 aliphatic carbocycles. The van der Waals surface area contributed by atoms with Crippen LogP contribution in [0.25, 0.3) is 0 Å². The monoisotopic (exact) mass is 307 g/mol. The number of hydrogen-bond donors (Lipinski definition) is 0. The average Bonchev–Trinajstić information content (AvgIpc) is 2.80. The predicted molar refractivity (Wildman–Crippen MR) is 72.7 cm³/mol. The van der Waals surface area contributed by atoms with Crippen LogP contribution in [0, 0.1) is 6.92 Å². The lowest BCUT2D eigenvalue weighted by Crippen LogP contribution is -2.15. The Hall–Kier alpha value is -1.49. The van der Waals surface area contributed by atoms with E-state index >= 15 is 0 Å². The van der Waals surface area contributed by atoms with Crippen molar-refractivity contribution in [3.8, 4) is 0 Å². The third-order valence-electron chi connectivity index (χ3n) is 2.71. The summed E-state index contributed by atoms with van der Waals surface area (Å²) in [6.45, 7) is 5.86. The number of rotatable bonds is 3. The van der Waals surface area contributed by atoms with E-state index in [1.165, 1.54) is 6.33 Å². The zero-order valence-electron chi connectivity index (χ0n) is 10.5. The van der Waals surface area contributed by atoms with Crippen molar-refractivity contribution in [1.82, 2.24) is 14.8 Å². The number of carbonyl (C=O) groups excluding carboxylic acids is 1. The van der Waals surface area contributed by atoms with Gasteiger partial charge in [0.1, 0.15) is 6.33 Å². The average molecular weight is 308 g/mol. The Morgan fingerprint density at radius 2 is 2.11 bits per heavy atom. The number of ketones is 1. The lowest BCUT2D eigenvalue weighted by Gasteiger charge is -2.10. The summed E-state index contributed by atoms with van der Waals surface area (Å²) in [7, 11) is 0. The molecule has 18 heavy (non-hydrogen) atoms. The molecule has 1 aromatic carbocycles. The van der Waals surface area contributed by atoms with Crippen LogP contribution in [0.2, 0.25) is 0 Å². The van der Waals surface area contributed by atoms with Crippen LogP contribution in [-0.2, 0) is 0 Å². The van der Waals surface area contributed by atoms with Gasteiger partial charge in [0.15, 0.2) is 5.82 Å². The molecule has 0 unspecified atom stereocenters. The van der Waals surface area contributed by atoms with Crippen LogP contribution in [0.4, 0.5) is 0 Å². The van der Waals surface area contributed by atoms with Gasteiger partial charge in [-0.15, -0.1) is 0 Å². The Kier molecular flexibility index (Phi) is 3.61. The first kappa shape index (κ1) is 13.0. The maximum absolute atomic E-state index is 12.5. The van der Waals surface area contributed by atoms with Crippen LogP contribution in [0.15, 0.2) is 29.0 Å². The minimum absolute atomic E-state index is 0.0972. The van der Waals surface area contributed by atoms with Crippen molar-refractivity contribution in [3.63, 3.8) is 0 Å². The second kappa shape index (κ2) is 5.02. The molecule has 1 aromatic heterocycles. The van der Waals surface area contributed by atoms with Crippen LogP contribution in [0.5, 0.6) is 0 Å². The molecule has 0 saturated heterocycles. The van der Waals surface area contributed by atoms with Gasteiger partial charge in [0.05, 0.1) is 0 Å². The lowest BCUT2D eigenvalue weighted by molar-refractivity contribution is 0.102. The van der Waals surface area contributed by atoms with Gasteiger partial charge in [-0.1, -0.05) is 22.0 Å². The van der Waals surface area contributed by atoms with E-state index in [0.29, 0.717) is 11.4 Å². The van der Waals surface area contributed by atoms with E-state index in [0.717, 1.165) is 10.0 Å². The molecule has 0 amide bonds. The van der Waals surface area contributed by atoms with E-state index in [1.807, 2.05) is 39.0 Å². The fraction of sp³-hybridized carbons (Fsp3) is 0.308. The van der Waals surface area contributed by atoms with Gasteiger partial charge in [0.25, 0.3) is 0 Å². The fourth-order valence-electron chi connectivity index (χ4n) is 1.75. The molecule has 4 nitrogen and oxygen atoms in total. The molecule has 0 bridgehead atoms. The highest BCUT2D eigenvalue weighted by atomic mass is 79.9. The summed E-state index contributed by atoms with van der Waals surface area (Å²) in [5.74, 6) is 0.284. The zero-order valence-corrected chi connectivity index (χ0v) is 12.1. The summed E-state index contributed by atoms with van der Waals surface area (Å²) in [4.78, 5) is 16.5. The van der Waals surface area contributed by atoms with E-state index in [4.69, 9.17) is 0 Å². The van der Waals surface area contributed by atoms with Crippen LogP contribution in [-0.4, -0.2) is 20.5 Å². The Morgan fingerprint density at radius 3 is 2.78 bits per heavy atom. The molecule has 1 heterocycles. The third kappa shape index (κ3) is 2.36. The first-order valence-corrected chi connectivity index (χ1v) is 6.50. The predicted octanol–water partition coefficient (Wildman–Crippen LogP) is 3.16. The minimum Gasteiger partial charge on any atom is -0.285 e. The number of aryl methyl sites for hydroxylation is 1. The highest BCUT2D eigenvalue weighted by molar-refractivity contribution is 9.10. The number of carbonyl (C=O) groups is 1. The molecule has 0 N–H and O–H groups in total. The van der Waals surface area contributed by atoms with Gasteiger partial charge in [-0.2, -0.15) is 5.10 Å². The maximum Gasteiger partial charge on any atom is 0.230 e. The molecule has 0 atom stereocenters. The van der Waals surface area contributed by atoms with Crippen molar-refractivity contribution in [2.45, 2.75) is 26.8 Å². The summed E-state index contributed by atoms with van der Waals surface area (Å²) < 4.78 is 2.52. The van der Waals surface area contributed by atoms with Crippen LogP contribution in [0.1, 0.15) is 41.6 Å². The summed E-state index contributed by atoms with van der Waals surface area (Å²) in [6, 6.07) is 5.75. The van der Waals surface area contributed by atoms with Gasteiger partial charge in [0.2, 0.25) is 5.78 Å². The number of nitrogens with zero attached hydrogens (tertiary/aromatic N) is 3. The molecule has 0 aliphatic heterocycles. The van der Waals surface area contributed by atoms with Crippen LogP contribution < -0.4 is 0 Å². The van der Waals surface area contributed by atoms with E-state index in [1.54, 1.807) is 4.68 Å². The number of benzene rings is 1. The van der Waals surface area contributed by atoms with Crippen molar-refractivity contribution in [2.75, 3.05) is 0 Å². The molecule has 2 rings (SSSR count). The van der Waals surface area contributed by atoms with E-state index in [9.17, 15) is 4.79 Å². The maximum atomic E-state index is 12.5. The van der Waals surface area contributed by atoms with Gasteiger partial charge < -0.3 is 0 Å². The molecule has 0 aliphatic rings. The topological polar surface area (TPSA) is 47.8 Å². The first-order chi connectivity index (χ1) is 8.50. The molecular formula is C13H14BrN3O. The van der Waals surface area contributed by atoms with Crippen molar-refractivity contribution < 1.29 is 4.79 Å².